The third-order valence-corrected chi connectivity index (χ3v) is 3.26. The van der Waals surface area contributed by atoms with E-state index in [1.54, 1.807) is 0 Å². The van der Waals surface area contributed by atoms with Crippen LogP contribution in [0.15, 0.2) is 54.6 Å². The van der Waals surface area contributed by atoms with E-state index in [1.165, 1.54) is 11.1 Å². The van der Waals surface area contributed by atoms with Crippen LogP contribution in [-0.4, -0.2) is 9.97 Å². The molecule has 0 spiro atoms. The minimum Gasteiger partial charge on any atom is -0.358 e. The minimum atomic E-state index is 1.02. The van der Waals surface area contributed by atoms with Crippen molar-refractivity contribution in [1.29, 1.82) is 0 Å². The minimum absolute atomic E-state index is 1.02. The van der Waals surface area contributed by atoms with Gasteiger partial charge in [0, 0.05) is 22.6 Å². The Balaban J connectivity index is 2.08. The van der Waals surface area contributed by atoms with E-state index in [1.807, 2.05) is 25.1 Å². The van der Waals surface area contributed by atoms with Crippen LogP contribution in [0.1, 0.15) is 11.4 Å². The molecule has 0 amide bonds. The zero-order valence-corrected chi connectivity index (χ0v) is 11.1. The van der Waals surface area contributed by atoms with Crippen molar-refractivity contribution in [2.24, 2.45) is 0 Å². The molecule has 0 aliphatic carbocycles. The Kier molecular flexibility index (Phi) is 2.92. The van der Waals surface area contributed by atoms with Crippen LogP contribution in [-0.2, 0) is 0 Å². The van der Waals surface area contributed by atoms with Crippen molar-refractivity contribution in [3.8, 4) is 22.5 Å². The molecule has 2 aromatic heterocycles. The van der Waals surface area contributed by atoms with Crippen molar-refractivity contribution in [3.05, 3.63) is 66.0 Å². The normalized spacial score (nSPS) is 10.6. The van der Waals surface area contributed by atoms with Crippen molar-refractivity contribution in [3.63, 3.8) is 0 Å². The molecule has 0 radical (unpaired) electrons. The van der Waals surface area contributed by atoms with Gasteiger partial charge in [-0.05, 0) is 37.6 Å². The molecule has 0 aliphatic rings. The van der Waals surface area contributed by atoms with Gasteiger partial charge in [0.1, 0.15) is 0 Å². The molecular formula is C17H16N2. The topological polar surface area (TPSA) is 28.7 Å². The second-order valence-corrected chi connectivity index (χ2v) is 4.75. The molecule has 2 nitrogen and oxygen atoms in total. The smallest absolute Gasteiger partial charge is 0.0723 e. The number of nitrogens with zero attached hydrogens (tertiary/aromatic N) is 1. The molecule has 0 saturated heterocycles. The van der Waals surface area contributed by atoms with Gasteiger partial charge >= 0.3 is 0 Å². The Morgan fingerprint density at radius 1 is 0.895 bits per heavy atom. The third-order valence-electron chi connectivity index (χ3n) is 3.26. The summed E-state index contributed by atoms with van der Waals surface area (Å²) in [4.78, 5) is 8.03. The molecule has 1 aromatic carbocycles. The number of pyridine rings is 1. The number of hydrogen-bond acceptors (Lipinski definition) is 1. The molecule has 0 unspecified atom stereocenters. The predicted molar refractivity (Wildman–Crippen MR) is 78.9 cm³/mol. The van der Waals surface area contributed by atoms with Crippen molar-refractivity contribution < 1.29 is 0 Å². The zero-order valence-electron chi connectivity index (χ0n) is 11.1. The van der Waals surface area contributed by atoms with E-state index in [-0.39, 0.29) is 0 Å². The highest BCUT2D eigenvalue weighted by Gasteiger charge is 2.09. The Bertz CT molecular complexity index is 696. The number of aromatic nitrogens is 2. The first kappa shape index (κ1) is 11.7. The van der Waals surface area contributed by atoms with Crippen LogP contribution in [0.2, 0.25) is 0 Å². The van der Waals surface area contributed by atoms with Gasteiger partial charge in [-0.2, -0.15) is 0 Å². The summed E-state index contributed by atoms with van der Waals surface area (Å²) in [5, 5.41) is 0. The van der Waals surface area contributed by atoms with Crippen molar-refractivity contribution >= 4 is 0 Å². The summed E-state index contributed by atoms with van der Waals surface area (Å²) >= 11 is 0. The fourth-order valence-corrected chi connectivity index (χ4v) is 2.29. The molecule has 1 N–H and O–H groups in total. The van der Waals surface area contributed by atoms with Crippen LogP contribution in [0.4, 0.5) is 0 Å². The first-order valence-electron chi connectivity index (χ1n) is 6.43. The number of H-pyrrole nitrogens is 1. The maximum Gasteiger partial charge on any atom is 0.0723 e. The Hall–Kier alpha value is -2.35. The van der Waals surface area contributed by atoms with E-state index < -0.39 is 0 Å². The highest BCUT2D eigenvalue weighted by atomic mass is 14.8. The van der Waals surface area contributed by atoms with Crippen molar-refractivity contribution in [1.82, 2.24) is 9.97 Å². The Morgan fingerprint density at radius 3 is 2.42 bits per heavy atom. The lowest BCUT2D eigenvalue weighted by molar-refractivity contribution is 1.19. The van der Waals surface area contributed by atoms with Gasteiger partial charge in [0.2, 0.25) is 0 Å². The van der Waals surface area contributed by atoms with Gasteiger partial charge in [-0.1, -0.05) is 36.4 Å². The predicted octanol–water partition coefficient (Wildman–Crippen LogP) is 4.36. The zero-order chi connectivity index (χ0) is 13.2. The molecule has 0 saturated carbocycles. The maximum atomic E-state index is 4.59. The molecule has 0 bridgehead atoms. The second-order valence-electron chi connectivity index (χ2n) is 4.75. The summed E-state index contributed by atoms with van der Waals surface area (Å²) in [6.07, 6.45) is 0. The summed E-state index contributed by atoms with van der Waals surface area (Å²) in [7, 11) is 0. The van der Waals surface area contributed by atoms with Gasteiger partial charge in [-0.15, -0.1) is 0 Å². The molecule has 0 aliphatic heterocycles. The monoisotopic (exact) mass is 248 g/mol. The molecular weight excluding hydrogens is 232 g/mol. The molecule has 3 rings (SSSR count). The number of aromatic amines is 1. The van der Waals surface area contributed by atoms with Crippen LogP contribution in [0.3, 0.4) is 0 Å². The van der Waals surface area contributed by atoms with E-state index in [9.17, 15) is 0 Å². The van der Waals surface area contributed by atoms with E-state index in [4.69, 9.17) is 0 Å². The number of rotatable bonds is 2. The first-order valence-corrected chi connectivity index (χ1v) is 6.43. The van der Waals surface area contributed by atoms with Crippen LogP contribution < -0.4 is 0 Å². The van der Waals surface area contributed by atoms with Crippen molar-refractivity contribution in [2.45, 2.75) is 13.8 Å². The van der Waals surface area contributed by atoms with Crippen molar-refractivity contribution in [2.75, 3.05) is 0 Å². The van der Waals surface area contributed by atoms with Crippen LogP contribution in [0.25, 0.3) is 22.5 Å². The van der Waals surface area contributed by atoms with Gasteiger partial charge in [-0.25, -0.2) is 0 Å². The quantitative estimate of drug-likeness (QED) is 0.717. The Labute approximate surface area is 113 Å². The van der Waals surface area contributed by atoms with E-state index in [0.29, 0.717) is 0 Å². The number of benzene rings is 1. The molecule has 0 atom stereocenters. The fraction of sp³-hybridized carbons (Fsp3) is 0.118. The van der Waals surface area contributed by atoms with Gasteiger partial charge in [0.15, 0.2) is 0 Å². The molecule has 2 heterocycles. The van der Waals surface area contributed by atoms with Crippen LogP contribution >= 0.6 is 0 Å². The maximum absolute atomic E-state index is 4.59. The number of aryl methyl sites for hydroxylation is 2. The van der Waals surface area contributed by atoms with Gasteiger partial charge in [0.25, 0.3) is 0 Å². The summed E-state index contributed by atoms with van der Waals surface area (Å²) < 4.78 is 0. The SMILES string of the molecule is Cc1cccc(-c2cc(-c3ccccc3)[nH]c2C)n1. The molecule has 3 aromatic rings. The summed E-state index contributed by atoms with van der Waals surface area (Å²) in [6, 6.07) is 18.6. The van der Waals surface area contributed by atoms with E-state index in [0.717, 1.165) is 22.8 Å². The number of hydrogen-bond donors (Lipinski definition) is 1. The van der Waals surface area contributed by atoms with Gasteiger partial charge < -0.3 is 4.98 Å². The highest BCUT2D eigenvalue weighted by Crippen LogP contribution is 2.28. The highest BCUT2D eigenvalue weighted by molar-refractivity contribution is 5.72. The second kappa shape index (κ2) is 4.73. The molecule has 0 fully saturated rings. The van der Waals surface area contributed by atoms with Crippen LogP contribution in [0, 0.1) is 13.8 Å². The molecule has 19 heavy (non-hydrogen) atoms. The summed E-state index contributed by atoms with van der Waals surface area (Å²) in [5.74, 6) is 0. The molecule has 2 heteroatoms. The van der Waals surface area contributed by atoms with Crippen LogP contribution in [0.5, 0.6) is 0 Å². The molecule has 94 valence electrons. The lowest BCUT2D eigenvalue weighted by Gasteiger charge is -1.99. The number of nitrogens with one attached hydrogen (secondary N) is 1. The third kappa shape index (κ3) is 2.29. The lowest BCUT2D eigenvalue weighted by atomic mass is 10.1. The Morgan fingerprint density at radius 2 is 1.68 bits per heavy atom. The standard InChI is InChI=1S/C17H16N2/c1-12-7-6-10-16(18-12)15-11-17(19-13(15)2)14-8-4-3-5-9-14/h3-11,19H,1-2H3. The van der Waals surface area contributed by atoms with E-state index >= 15 is 0 Å². The summed E-state index contributed by atoms with van der Waals surface area (Å²) in [5.41, 5.74) is 6.72. The largest absolute Gasteiger partial charge is 0.358 e. The summed E-state index contributed by atoms with van der Waals surface area (Å²) in [6.45, 7) is 4.11. The average molecular weight is 248 g/mol. The average Bonchev–Trinajstić information content (AvgIpc) is 2.82. The van der Waals surface area contributed by atoms with Gasteiger partial charge in [0.05, 0.1) is 5.69 Å². The van der Waals surface area contributed by atoms with E-state index in [2.05, 4.69) is 53.3 Å². The fourth-order valence-electron chi connectivity index (χ4n) is 2.29. The lowest BCUT2D eigenvalue weighted by Crippen LogP contribution is -1.86. The van der Waals surface area contributed by atoms with Gasteiger partial charge in [-0.3, -0.25) is 4.98 Å². The first-order chi connectivity index (χ1) is 9.24.